The summed E-state index contributed by atoms with van der Waals surface area (Å²) in [5.74, 6) is 0. The lowest BCUT2D eigenvalue weighted by molar-refractivity contribution is 0.0374. The number of hydrogen-bond donors (Lipinski definition) is 1. The van der Waals surface area contributed by atoms with Crippen molar-refractivity contribution in [1.29, 1.82) is 0 Å². The van der Waals surface area contributed by atoms with Gasteiger partial charge in [0.2, 0.25) is 0 Å². The molecule has 0 bridgehead atoms. The van der Waals surface area contributed by atoms with Gasteiger partial charge in [-0.15, -0.1) is 0 Å². The Labute approximate surface area is 111 Å². The summed E-state index contributed by atoms with van der Waals surface area (Å²) in [4.78, 5) is 0. The van der Waals surface area contributed by atoms with Crippen LogP contribution in [-0.4, -0.2) is 19.3 Å². The maximum atomic E-state index is 5.62. The first kappa shape index (κ1) is 13.6. The van der Waals surface area contributed by atoms with Crippen molar-refractivity contribution in [2.45, 2.75) is 57.2 Å². The van der Waals surface area contributed by atoms with Gasteiger partial charge in [-0.25, -0.2) is 0 Å². The number of methoxy groups -OCH3 is 1. The molecule has 100 valence electrons. The van der Waals surface area contributed by atoms with Crippen LogP contribution in [0.1, 0.15) is 50.6 Å². The van der Waals surface area contributed by atoms with Crippen LogP contribution in [0.15, 0.2) is 30.3 Å². The molecule has 1 aliphatic rings. The molecule has 18 heavy (non-hydrogen) atoms. The van der Waals surface area contributed by atoms with E-state index in [4.69, 9.17) is 4.74 Å². The zero-order valence-corrected chi connectivity index (χ0v) is 11.6. The first-order valence-corrected chi connectivity index (χ1v) is 7.19. The van der Waals surface area contributed by atoms with E-state index in [1.807, 2.05) is 7.11 Å². The molecular weight excluding hydrogens is 222 g/mol. The maximum absolute atomic E-state index is 5.62. The first-order chi connectivity index (χ1) is 8.85. The number of rotatable bonds is 5. The average molecular weight is 247 g/mol. The molecule has 1 fully saturated rings. The van der Waals surface area contributed by atoms with Crippen molar-refractivity contribution in [2.75, 3.05) is 7.11 Å². The van der Waals surface area contributed by atoms with Gasteiger partial charge in [0.05, 0.1) is 6.10 Å². The average Bonchev–Trinajstić information content (AvgIpc) is 2.46. The summed E-state index contributed by atoms with van der Waals surface area (Å²) in [6, 6.07) is 11.7. The second-order valence-corrected chi connectivity index (χ2v) is 5.20. The van der Waals surface area contributed by atoms with Crippen molar-refractivity contribution in [3.8, 4) is 0 Å². The number of nitrogens with one attached hydrogen (secondary N) is 1. The fourth-order valence-electron chi connectivity index (χ4n) is 2.96. The van der Waals surface area contributed by atoms with Gasteiger partial charge in [0.15, 0.2) is 0 Å². The van der Waals surface area contributed by atoms with Crippen LogP contribution in [0.4, 0.5) is 0 Å². The lowest BCUT2D eigenvalue weighted by atomic mass is 9.91. The minimum atomic E-state index is 0.386. The molecule has 1 saturated carbocycles. The smallest absolute Gasteiger partial charge is 0.0724 e. The molecular formula is C16H25NO. The van der Waals surface area contributed by atoms with Gasteiger partial charge in [0, 0.05) is 19.2 Å². The van der Waals surface area contributed by atoms with E-state index in [0.29, 0.717) is 18.2 Å². The van der Waals surface area contributed by atoms with Gasteiger partial charge in [-0.05, 0) is 24.8 Å². The van der Waals surface area contributed by atoms with Crippen molar-refractivity contribution < 1.29 is 4.74 Å². The second-order valence-electron chi connectivity index (χ2n) is 5.20. The largest absolute Gasteiger partial charge is 0.380 e. The Balaban J connectivity index is 2.01. The topological polar surface area (TPSA) is 21.3 Å². The van der Waals surface area contributed by atoms with Crippen LogP contribution in [0, 0.1) is 0 Å². The third kappa shape index (κ3) is 3.33. The van der Waals surface area contributed by atoms with Crippen LogP contribution in [0.5, 0.6) is 0 Å². The molecule has 3 unspecified atom stereocenters. The van der Waals surface area contributed by atoms with E-state index >= 15 is 0 Å². The van der Waals surface area contributed by atoms with Crippen molar-refractivity contribution in [3.63, 3.8) is 0 Å². The van der Waals surface area contributed by atoms with E-state index in [1.165, 1.54) is 31.2 Å². The third-order valence-corrected chi connectivity index (χ3v) is 4.03. The lowest BCUT2D eigenvalue weighted by Gasteiger charge is -2.34. The Morgan fingerprint density at radius 2 is 1.94 bits per heavy atom. The maximum Gasteiger partial charge on any atom is 0.0724 e. The highest BCUT2D eigenvalue weighted by Crippen LogP contribution is 2.25. The zero-order valence-electron chi connectivity index (χ0n) is 11.6. The fourth-order valence-corrected chi connectivity index (χ4v) is 2.96. The number of benzene rings is 1. The normalized spacial score (nSPS) is 25.9. The predicted molar refractivity (Wildman–Crippen MR) is 75.7 cm³/mol. The molecule has 3 atom stereocenters. The van der Waals surface area contributed by atoms with Gasteiger partial charge >= 0.3 is 0 Å². The Bertz CT molecular complexity index is 338. The van der Waals surface area contributed by atoms with Gasteiger partial charge in [-0.1, -0.05) is 50.1 Å². The van der Waals surface area contributed by atoms with Crippen molar-refractivity contribution in [2.24, 2.45) is 0 Å². The second kappa shape index (κ2) is 6.91. The molecule has 1 aliphatic carbocycles. The van der Waals surface area contributed by atoms with Gasteiger partial charge in [-0.3, -0.25) is 0 Å². The number of ether oxygens (including phenoxy) is 1. The van der Waals surface area contributed by atoms with E-state index in [-0.39, 0.29) is 0 Å². The Morgan fingerprint density at radius 3 is 2.61 bits per heavy atom. The molecule has 0 amide bonds. The van der Waals surface area contributed by atoms with Crippen molar-refractivity contribution in [1.82, 2.24) is 5.32 Å². The fraction of sp³-hybridized carbons (Fsp3) is 0.625. The standard InChI is InChI=1S/C16H25NO/c1-3-14(13-9-5-4-6-10-13)17-15-11-7-8-12-16(15)18-2/h4-6,9-10,14-17H,3,7-8,11-12H2,1-2H3. The van der Waals surface area contributed by atoms with Crippen LogP contribution < -0.4 is 5.32 Å². The van der Waals surface area contributed by atoms with Gasteiger partial charge in [-0.2, -0.15) is 0 Å². The molecule has 2 rings (SSSR count). The zero-order chi connectivity index (χ0) is 12.8. The molecule has 0 heterocycles. The van der Waals surface area contributed by atoms with Crippen molar-refractivity contribution in [3.05, 3.63) is 35.9 Å². The minimum absolute atomic E-state index is 0.386. The quantitative estimate of drug-likeness (QED) is 0.857. The summed E-state index contributed by atoms with van der Waals surface area (Å²) >= 11 is 0. The SMILES string of the molecule is CCC(NC1CCCCC1OC)c1ccccc1. The highest BCUT2D eigenvalue weighted by atomic mass is 16.5. The molecule has 1 aromatic rings. The molecule has 0 saturated heterocycles. The van der Waals surface area contributed by atoms with Crippen molar-refractivity contribution >= 4 is 0 Å². The Hall–Kier alpha value is -0.860. The molecule has 0 aromatic heterocycles. The Kier molecular flexibility index (Phi) is 5.21. The minimum Gasteiger partial charge on any atom is -0.380 e. The van der Waals surface area contributed by atoms with Gasteiger partial charge < -0.3 is 10.1 Å². The molecule has 0 radical (unpaired) electrons. The van der Waals surface area contributed by atoms with Crippen LogP contribution in [-0.2, 0) is 4.74 Å². The summed E-state index contributed by atoms with van der Waals surface area (Å²) in [6.45, 7) is 2.25. The molecule has 2 nitrogen and oxygen atoms in total. The number of hydrogen-bond acceptors (Lipinski definition) is 2. The van der Waals surface area contributed by atoms with Crippen LogP contribution in [0.25, 0.3) is 0 Å². The molecule has 1 aromatic carbocycles. The van der Waals surface area contributed by atoms with Crippen LogP contribution >= 0.6 is 0 Å². The van der Waals surface area contributed by atoms with E-state index < -0.39 is 0 Å². The van der Waals surface area contributed by atoms with Gasteiger partial charge in [0.25, 0.3) is 0 Å². The summed E-state index contributed by atoms with van der Waals surface area (Å²) in [7, 11) is 1.84. The molecule has 1 N–H and O–H groups in total. The van der Waals surface area contributed by atoms with E-state index in [1.54, 1.807) is 0 Å². The van der Waals surface area contributed by atoms with Gasteiger partial charge in [0.1, 0.15) is 0 Å². The van der Waals surface area contributed by atoms with E-state index in [2.05, 4.69) is 42.6 Å². The summed E-state index contributed by atoms with van der Waals surface area (Å²) < 4.78 is 5.62. The van der Waals surface area contributed by atoms with E-state index in [0.717, 1.165) is 6.42 Å². The lowest BCUT2D eigenvalue weighted by Crippen LogP contribution is -2.44. The Morgan fingerprint density at radius 1 is 1.22 bits per heavy atom. The molecule has 2 heteroatoms. The molecule has 0 aliphatic heterocycles. The summed E-state index contributed by atoms with van der Waals surface area (Å²) in [5, 5.41) is 3.80. The highest BCUT2D eigenvalue weighted by Gasteiger charge is 2.26. The predicted octanol–water partition coefficient (Wildman–Crippen LogP) is 3.68. The summed E-state index contributed by atoms with van der Waals surface area (Å²) in [6.07, 6.45) is 6.57. The van der Waals surface area contributed by atoms with E-state index in [9.17, 15) is 0 Å². The van der Waals surface area contributed by atoms with Crippen LogP contribution in [0.2, 0.25) is 0 Å². The van der Waals surface area contributed by atoms with Crippen LogP contribution in [0.3, 0.4) is 0 Å². The summed E-state index contributed by atoms with van der Waals surface area (Å²) in [5.41, 5.74) is 1.39. The highest BCUT2D eigenvalue weighted by molar-refractivity contribution is 5.19. The monoisotopic (exact) mass is 247 g/mol. The third-order valence-electron chi connectivity index (χ3n) is 4.03. The first-order valence-electron chi connectivity index (χ1n) is 7.19. The molecule has 0 spiro atoms.